The van der Waals surface area contributed by atoms with Crippen molar-refractivity contribution in [3.05, 3.63) is 24.3 Å². The number of pyridine rings is 1. The lowest BCUT2D eigenvalue weighted by atomic mass is 9.86. The van der Waals surface area contributed by atoms with Gasteiger partial charge in [0.15, 0.2) is 0 Å². The fraction of sp³-hybridized carbons (Fsp3) is 0.615. The van der Waals surface area contributed by atoms with Crippen molar-refractivity contribution in [3.8, 4) is 5.75 Å². The van der Waals surface area contributed by atoms with Crippen molar-refractivity contribution in [1.29, 1.82) is 0 Å². The Morgan fingerprint density at radius 2 is 2.06 bits per heavy atom. The van der Waals surface area contributed by atoms with Crippen LogP contribution in [0, 0.1) is 11.9 Å². The quantitative estimate of drug-likeness (QED) is 0.731. The lowest BCUT2D eigenvalue weighted by Crippen LogP contribution is -2.23. The molecule has 0 saturated heterocycles. The SMILES string of the molecule is CCC1CCC(Oc2ccc(F)nc2)CC1. The number of hydrogen-bond donors (Lipinski definition) is 0. The fourth-order valence-electron chi connectivity index (χ4n) is 2.28. The molecule has 2 nitrogen and oxygen atoms in total. The molecule has 0 spiro atoms. The van der Waals surface area contributed by atoms with Crippen LogP contribution < -0.4 is 4.74 Å². The molecule has 1 fully saturated rings. The summed E-state index contributed by atoms with van der Waals surface area (Å²) in [6, 6.07) is 2.99. The summed E-state index contributed by atoms with van der Waals surface area (Å²) in [5.41, 5.74) is 0. The summed E-state index contributed by atoms with van der Waals surface area (Å²) in [6.45, 7) is 2.25. The molecule has 1 aliphatic rings. The van der Waals surface area contributed by atoms with Gasteiger partial charge in [0.05, 0.1) is 12.3 Å². The number of aromatic nitrogens is 1. The second-order valence-electron chi connectivity index (χ2n) is 4.49. The Hall–Kier alpha value is -1.12. The topological polar surface area (TPSA) is 22.1 Å². The van der Waals surface area contributed by atoms with Crippen LogP contribution in [0.25, 0.3) is 0 Å². The number of ether oxygens (including phenoxy) is 1. The van der Waals surface area contributed by atoms with E-state index in [9.17, 15) is 4.39 Å². The molecule has 0 bridgehead atoms. The maximum atomic E-state index is 12.6. The first-order valence-corrected chi connectivity index (χ1v) is 6.06. The monoisotopic (exact) mass is 223 g/mol. The highest BCUT2D eigenvalue weighted by Crippen LogP contribution is 2.29. The number of nitrogens with zero attached hydrogens (tertiary/aromatic N) is 1. The molecule has 3 heteroatoms. The van der Waals surface area contributed by atoms with Gasteiger partial charge >= 0.3 is 0 Å². The van der Waals surface area contributed by atoms with Crippen LogP contribution in [-0.2, 0) is 0 Å². The summed E-state index contributed by atoms with van der Waals surface area (Å²) in [4.78, 5) is 3.58. The fourth-order valence-corrected chi connectivity index (χ4v) is 2.28. The number of hydrogen-bond acceptors (Lipinski definition) is 2. The molecule has 2 rings (SSSR count). The molecule has 1 aromatic rings. The predicted molar refractivity (Wildman–Crippen MR) is 60.9 cm³/mol. The lowest BCUT2D eigenvalue weighted by Gasteiger charge is -2.28. The lowest BCUT2D eigenvalue weighted by molar-refractivity contribution is 0.129. The van der Waals surface area contributed by atoms with E-state index >= 15 is 0 Å². The molecule has 1 saturated carbocycles. The van der Waals surface area contributed by atoms with Crippen LogP contribution in [0.5, 0.6) is 5.75 Å². The molecule has 16 heavy (non-hydrogen) atoms. The molecule has 0 atom stereocenters. The minimum Gasteiger partial charge on any atom is -0.489 e. The van der Waals surface area contributed by atoms with Gasteiger partial charge in [0.2, 0.25) is 5.95 Å². The Morgan fingerprint density at radius 1 is 1.31 bits per heavy atom. The highest BCUT2D eigenvalue weighted by molar-refractivity contribution is 5.16. The van der Waals surface area contributed by atoms with E-state index in [0.29, 0.717) is 5.75 Å². The van der Waals surface area contributed by atoms with Gasteiger partial charge in [-0.05, 0) is 43.7 Å². The van der Waals surface area contributed by atoms with Crippen LogP contribution in [0.15, 0.2) is 18.3 Å². The molecule has 1 heterocycles. The molecule has 88 valence electrons. The van der Waals surface area contributed by atoms with E-state index in [-0.39, 0.29) is 6.10 Å². The Morgan fingerprint density at radius 3 is 2.62 bits per heavy atom. The molecule has 1 aliphatic carbocycles. The maximum absolute atomic E-state index is 12.6. The predicted octanol–water partition coefficient (Wildman–Crippen LogP) is 3.57. The number of halogens is 1. The van der Waals surface area contributed by atoms with Crippen molar-refractivity contribution >= 4 is 0 Å². The van der Waals surface area contributed by atoms with Crippen LogP contribution in [0.4, 0.5) is 4.39 Å². The molecule has 1 aromatic heterocycles. The largest absolute Gasteiger partial charge is 0.489 e. The van der Waals surface area contributed by atoms with Crippen molar-refractivity contribution in [1.82, 2.24) is 4.98 Å². The van der Waals surface area contributed by atoms with Gasteiger partial charge in [-0.2, -0.15) is 4.39 Å². The smallest absolute Gasteiger partial charge is 0.213 e. The zero-order valence-corrected chi connectivity index (χ0v) is 9.66. The Labute approximate surface area is 95.8 Å². The van der Waals surface area contributed by atoms with E-state index in [0.717, 1.165) is 18.8 Å². The summed E-state index contributed by atoms with van der Waals surface area (Å²) >= 11 is 0. The molecule has 0 aromatic carbocycles. The second kappa shape index (κ2) is 5.28. The Kier molecular flexibility index (Phi) is 3.75. The van der Waals surface area contributed by atoms with Crippen LogP contribution in [-0.4, -0.2) is 11.1 Å². The average Bonchev–Trinajstić information content (AvgIpc) is 2.33. The van der Waals surface area contributed by atoms with Gasteiger partial charge in [-0.15, -0.1) is 0 Å². The first-order valence-electron chi connectivity index (χ1n) is 6.06. The normalized spacial score (nSPS) is 25.4. The van der Waals surface area contributed by atoms with Crippen molar-refractivity contribution in [2.45, 2.75) is 45.1 Å². The van der Waals surface area contributed by atoms with Crippen LogP contribution in [0.2, 0.25) is 0 Å². The third kappa shape index (κ3) is 2.94. The summed E-state index contributed by atoms with van der Waals surface area (Å²) in [6.07, 6.45) is 7.72. The van der Waals surface area contributed by atoms with E-state index in [4.69, 9.17) is 4.74 Å². The molecule has 0 N–H and O–H groups in total. The summed E-state index contributed by atoms with van der Waals surface area (Å²) in [5, 5.41) is 0. The summed E-state index contributed by atoms with van der Waals surface area (Å²) in [7, 11) is 0. The second-order valence-corrected chi connectivity index (χ2v) is 4.49. The standard InChI is InChI=1S/C13H18FNO/c1-2-10-3-5-11(6-4-10)16-12-7-8-13(14)15-9-12/h7-11H,2-6H2,1H3. The molecular formula is C13H18FNO. The van der Waals surface area contributed by atoms with Gasteiger partial charge in [0.1, 0.15) is 5.75 Å². The molecule has 0 unspecified atom stereocenters. The number of rotatable bonds is 3. The van der Waals surface area contributed by atoms with Crippen molar-refractivity contribution in [3.63, 3.8) is 0 Å². The highest BCUT2D eigenvalue weighted by Gasteiger charge is 2.21. The van der Waals surface area contributed by atoms with Crippen LogP contribution >= 0.6 is 0 Å². The van der Waals surface area contributed by atoms with Gasteiger partial charge in [-0.1, -0.05) is 13.3 Å². The zero-order valence-electron chi connectivity index (χ0n) is 9.66. The van der Waals surface area contributed by atoms with Gasteiger partial charge in [0.25, 0.3) is 0 Å². The first-order chi connectivity index (χ1) is 7.78. The highest BCUT2D eigenvalue weighted by atomic mass is 19.1. The van der Waals surface area contributed by atoms with E-state index in [1.54, 1.807) is 6.07 Å². The Bertz CT molecular complexity index is 317. The zero-order chi connectivity index (χ0) is 11.4. The minimum absolute atomic E-state index is 0.287. The molecule has 0 aliphatic heterocycles. The third-order valence-corrected chi connectivity index (χ3v) is 3.37. The van der Waals surface area contributed by atoms with Crippen molar-refractivity contribution in [2.75, 3.05) is 0 Å². The van der Waals surface area contributed by atoms with E-state index in [2.05, 4.69) is 11.9 Å². The summed E-state index contributed by atoms with van der Waals surface area (Å²) in [5.74, 6) is 1.09. The van der Waals surface area contributed by atoms with Crippen molar-refractivity contribution in [2.24, 2.45) is 5.92 Å². The van der Waals surface area contributed by atoms with Gasteiger partial charge in [-0.25, -0.2) is 4.98 Å². The van der Waals surface area contributed by atoms with Gasteiger partial charge < -0.3 is 4.74 Å². The Balaban J connectivity index is 1.84. The summed E-state index contributed by atoms with van der Waals surface area (Å²) < 4.78 is 18.4. The van der Waals surface area contributed by atoms with Gasteiger partial charge in [0, 0.05) is 0 Å². The molecule has 0 radical (unpaired) electrons. The first kappa shape index (κ1) is 11.4. The van der Waals surface area contributed by atoms with Crippen LogP contribution in [0.1, 0.15) is 39.0 Å². The minimum atomic E-state index is -0.456. The third-order valence-electron chi connectivity index (χ3n) is 3.37. The van der Waals surface area contributed by atoms with Gasteiger partial charge in [-0.3, -0.25) is 0 Å². The maximum Gasteiger partial charge on any atom is 0.213 e. The molecular weight excluding hydrogens is 205 g/mol. The van der Waals surface area contributed by atoms with Crippen molar-refractivity contribution < 1.29 is 9.13 Å². The van der Waals surface area contributed by atoms with Crippen LogP contribution in [0.3, 0.4) is 0 Å². The van der Waals surface area contributed by atoms with E-state index in [1.807, 2.05) is 0 Å². The van der Waals surface area contributed by atoms with E-state index < -0.39 is 5.95 Å². The average molecular weight is 223 g/mol. The van der Waals surface area contributed by atoms with E-state index in [1.165, 1.54) is 31.5 Å². The molecule has 0 amide bonds.